The molecule has 2 heteroatoms. The van der Waals surface area contributed by atoms with E-state index in [2.05, 4.69) is 6.07 Å². The van der Waals surface area contributed by atoms with Crippen molar-refractivity contribution in [3.05, 3.63) is 34.9 Å². The minimum absolute atomic E-state index is 0.234. The average Bonchev–Trinajstić information content (AvgIpc) is 2.33. The van der Waals surface area contributed by atoms with Crippen molar-refractivity contribution < 1.29 is 0 Å². The van der Waals surface area contributed by atoms with Crippen molar-refractivity contribution >= 4 is 23.2 Å². The van der Waals surface area contributed by atoms with Crippen LogP contribution in [-0.4, -0.2) is 5.38 Å². The number of hydrogen-bond donors (Lipinski definition) is 0. The molecule has 1 saturated carbocycles. The maximum absolute atomic E-state index is 6.46. The Labute approximate surface area is 114 Å². The first-order valence-corrected chi connectivity index (χ1v) is 7.44. The molecular formula is C15H20Cl2. The number of rotatable bonds is 4. The molecule has 0 aliphatic heterocycles. The monoisotopic (exact) mass is 270 g/mol. The summed E-state index contributed by atoms with van der Waals surface area (Å²) in [6, 6.07) is 8.03. The van der Waals surface area contributed by atoms with Crippen molar-refractivity contribution in [2.24, 2.45) is 5.92 Å². The predicted molar refractivity (Wildman–Crippen MR) is 76.0 cm³/mol. The van der Waals surface area contributed by atoms with Gasteiger partial charge in [0.1, 0.15) is 0 Å². The third-order valence-electron chi connectivity index (χ3n) is 3.71. The summed E-state index contributed by atoms with van der Waals surface area (Å²) < 4.78 is 0. The van der Waals surface area contributed by atoms with E-state index in [1.807, 2.05) is 18.2 Å². The molecule has 0 amide bonds. The molecule has 94 valence electrons. The maximum atomic E-state index is 6.46. The highest BCUT2D eigenvalue weighted by Gasteiger charge is 2.18. The van der Waals surface area contributed by atoms with Crippen LogP contribution < -0.4 is 0 Å². The van der Waals surface area contributed by atoms with E-state index in [1.165, 1.54) is 37.7 Å². The van der Waals surface area contributed by atoms with E-state index in [1.54, 1.807) is 0 Å². The Morgan fingerprint density at radius 1 is 1.12 bits per heavy atom. The van der Waals surface area contributed by atoms with Gasteiger partial charge >= 0.3 is 0 Å². The zero-order valence-electron chi connectivity index (χ0n) is 10.2. The summed E-state index contributed by atoms with van der Waals surface area (Å²) in [5.41, 5.74) is 1.19. The molecule has 17 heavy (non-hydrogen) atoms. The highest BCUT2D eigenvalue weighted by atomic mass is 35.5. The fourth-order valence-electron chi connectivity index (χ4n) is 2.77. The van der Waals surface area contributed by atoms with E-state index >= 15 is 0 Å². The van der Waals surface area contributed by atoms with Crippen LogP contribution in [0.5, 0.6) is 0 Å². The summed E-state index contributed by atoms with van der Waals surface area (Å²) in [6.45, 7) is 0. The highest BCUT2D eigenvalue weighted by molar-refractivity contribution is 6.31. The van der Waals surface area contributed by atoms with Crippen molar-refractivity contribution in [1.82, 2.24) is 0 Å². The zero-order chi connectivity index (χ0) is 12.1. The second-order valence-corrected chi connectivity index (χ2v) is 6.16. The largest absolute Gasteiger partial charge is 0.123 e. The van der Waals surface area contributed by atoms with Crippen molar-refractivity contribution in [3.63, 3.8) is 0 Å². The van der Waals surface area contributed by atoms with Gasteiger partial charge in [0, 0.05) is 10.4 Å². The SMILES string of the molecule is Clc1ccccc1CC(Cl)CC1CCCCC1. The Morgan fingerprint density at radius 2 is 1.82 bits per heavy atom. The maximum Gasteiger partial charge on any atom is 0.0438 e. The lowest BCUT2D eigenvalue weighted by molar-refractivity contribution is 0.334. The summed E-state index contributed by atoms with van der Waals surface area (Å²) in [7, 11) is 0. The number of halogens is 2. The van der Waals surface area contributed by atoms with E-state index in [-0.39, 0.29) is 5.38 Å². The van der Waals surface area contributed by atoms with Crippen LogP contribution in [0.25, 0.3) is 0 Å². The van der Waals surface area contributed by atoms with Crippen LogP contribution in [0.2, 0.25) is 5.02 Å². The highest BCUT2D eigenvalue weighted by Crippen LogP contribution is 2.30. The first-order chi connectivity index (χ1) is 8.25. The Morgan fingerprint density at radius 3 is 2.53 bits per heavy atom. The summed E-state index contributed by atoms with van der Waals surface area (Å²) in [6.07, 6.45) is 8.97. The second-order valence-electron chi connectivity index (χ2n) is 5.13. The minimum atomic E-state index is 0.234. The van der Waals surface area contributed by atoms with Gasteiger partial charge in [0.2, 0.25) is 0 Å². The first-order valence-electron chi connectivity index (χ1n) is 6.63. The minimum Gasteiger partial charge on any atom is -0.123 e. The lowest BCUT2D eigenvalue weighted by atomic mass is 9.85. The Bertz CT molecular complexity index is 343. The molecular weight excluding hydrogens is 251 g/mol. The molecule has 1 fully saturated rings. The summed E-state index contributed by atoms with van der Waals surface area (Å²) in [5.74, 6) is 0.841. The van der Waals surface area contributed by atoms with E-state index in [4.69, 9.17) is 23.2 Å². The molecule has 0 spiro atoms. The normalized spacial score (nSPS) is 19.2. The Kier molecular flexibility index (Phi) is 5.18. The number of hydrogen-bond acceptors (Lipinski definition) is 0. The molecule has 0 saturated heterocycles. The number of benzene rings is 1. The topological polar surface area (TPSA) is 0 Å². The van der Waals surface area contributed by atoms with Crippen LogP contribution in [0, 0.1) is 5.92 Å². The number of alkyl halides is 1. The molecule has 1 aromatic carbocycles. The fourth-order valence-corrected chi connectivity index (χ4v) is 3.40. The molecule has 1 atom stereocenters. The van der Waals surface area contributed by atoms with Gasteiger partial charge in [0.25, 0.3) is 0 Å². The van der Waals surface area contributed by atoms with Crippen molar-refractivity contribution in [2.75, 3.05) is 0 Å². The van der Waals surface area contributed by atoms with E-state index in [0.29, 0.717) is 0 Å². The molecule has 0 aromatic heterocycles. The van der Waals surface area contributed by atoms with E-state index in [9.17, 15) is 0 Å². The Balaban J connectivity index is 1.84. The van der Waals surface area contributed by atoms with Crippen LogP contribution in [0.3, 0.4) is 0 Å². The van der Waals surface area contributed by atoms with E-state index in [0.717, 1.165) is 23.8 Å². The van der Waals surface area contributed by atoms with Crippen LogP contribution in [0.4, 0.5) is 0 Å². The van der Waals surface area contributed by atoms with Gasteiger partial charge in [-0.1, -0.05) is 61.9 Å². The van der Waals surface area contributed by atoms with Gasteiger partial charge in [-0.3, -0.25) is 0 Å². The van der Waals surface area contributed by atoms with Crippen LogP contribution in [0.15, 0.2) is 24.3 Å². The summed E-state index contributed by atoms with van der Waals surface area (Å²) in [4.78, 5) is 0. The third kappa shape index (κ3) is 4.19. The zero-order valence-corrected chi connectivity index (χ0v) is 11.7. The smallest absolute Gasteiger partial charge is 0.0438 e. The molecule has 0 radical (unpaired) electrons. The van der Waals surface area contributed by atoms with Crippen LogP contribution >= 0.6 is 23.2 Å². The van der Waals surface area contributed by atoms with Crippen molar-refractivity contribution in [1.29, 1.82) is 0 Å². The lowest BCUT2D eigenvalue weighted by Gasteiger charge is -2.23. The van der Waals surface area contributed by atoms with Crippen LogP contribution in [-0.2, 0) is 6.42 Å². The molecule has 0 nitrogen and oxygen atoms in total. The van der Waals surface area contributed by atoms with Crippen LogP contribution in [0.1, 0.15) is 44.1 Å². The van der Waals surface area contributed by atoms with Crippen molar-refractivity contribution in [3.8, 4) is 0 Å². The third-order valence-corrected chi connectivity index (χ3v) is 4.41. The molecule has 0 bridgehead atoms. The molecule has 1 aliphatic rings. The Hall–Kier alpha value is -0.200. The molecule has 1 aromatic rings. The quantitative estimate of drug-likeness (QED) is 0.638. The summed E-state index contributed by atoms with van der Waals surface area (Å²) in [5, 5.41) is 1.08. The first kappa shape index (κ1) is 13.2. The van der Waals surface area contributed by atoms with Gasteiger partial charge in [-0.05, 0) is 30.4 Å². The lowest BCUT2D eigenvalue weighted by Crippen LogP contribution is -2.14. The summed E-state index contributed by atoms with van der Waals surface area (Å²) >= 11 is 12.6. The predicted octanol–water partition coefficient (Wildman–Crippen LogP) is 5.46. The van der Waals surface area contributed by atoms with Crippen molar-refractivity contribution in [2.45, 2.75) is 50.3 Å². The van der Waals surface area contributed by atoms with Gasteiger partial charge in [0.05, 0.1) is 0 Å². The van der Waals surface area contributed by atoms with Gasteiger partial charge < -0.3 is 0 Å². The molecule has 0 N–H and O–H groups in total. The molecule has 2 rings (SSSR count). The standard InChI is InChI=1S/C15H20Cl2/c16-14(10-12-6-2-1-3-7-12)11-13-8-4-5-9-15(13)17/h4-5,8-9,12,14H,1-3,6-7,10-11H2. The van der Waals surface area contributed by atoms with Gasteiger partial charge in [-0.25, -0.2) is 0 Å². The van der Waals surface area contributed by atoms with Gasteiger partial charge in [-0.15, -0.1) is 11.6 Å². The molecule has 1 aliphatic carbocycles. The fraction of sp³-hybridized carbons (Fsp3) is 0.600. The molecule has 1 unspecified atom stereocenters. The van der Waals surface area contributed by atoms with E-state index < -0.39 is 0 Å². The second kappa shape index (κ2) is 6.66. The molecule has 0 heterocycles. The van der Waals surface area contributed by atoms with Gasteiger partial charge in [0.15, 0.2) is 0 Å². The average molecular weight is 271 g/mol. The van der Waals surface area contributed by atoms with Gasteiger partial charge in [-0.2, -0.15) is 0 Å².